The maximum atomic E-state index is 12.9. The molecule has 0 spiro atoms. The lowest BCUT2D eigenvalue weighted by atomic mass is 10.00. The van der Waals surface area contributed by atoms with Crippen molar-refractivity contribution < 1.29 is 33.3 Å². The number of hydrogen-bond acceptors (Lipinski definition) is 7. The van der Waals surface area contributed by atoms with Crippen LogP contribution in [-0.4, -0.2) is 65.7 Å². The highest BCUT2D eigenvalue weighted by atomic mass is 16.6. The predicted molar refractivity (Wildman–Crippen MR) is 84.5 cm³/mol. The first-order chi connectivity index (χ1) is 11.5. The Hall–Kier alpha value is -2.32. The van der Waals surface area contributed by atoms with E-state index in [1.807, 2.05) is 0 Å². The molecular formula is C16H21NO7. The molecule has 1 heterocycles. The zero-order valence-corrected chi connectivity index (χ0v) is 14.3. The number of esters is 1. The Balaban J connectivity index is 2.58. The zero-order chi connectivity index (χ0) is 17.9. The van der Waals surface area contributed by atoms with Crippen LogP contribution in [0.2, 0.25) is 0 Å². The van der Waals surface area contributed by atoms with E-state index < -0.39 is 23.6 Å². The number of rotatable bonds is 6. The van der Waals surface area contributed by atoms with Crippen molar-refractivity contribution in [3.05, 3.63) is 18.2 Å². The van der Waals surface area contributed by atoms with Crippen molar-refractivity contribution in [1.82, 2.24) is 0 Å². The molecule has 2 atom stereocenters. The molecule has 0 N–H and O–H groups in total. The van der Waals surface area contributed by atoms with Gasteiger partial charge in [-0.2, -0.15) is 0 Å². The lowest BCUT2D eigenvalue weighted by Crippen LogP contribution is -2.53. The minimum absolute atomic E-state index is 0.0930. The molecule has 8 heteroatoms. The van der Waals surface area contributed by atoms with Gasteiger partial charge in [-0.3, -0.25) is 9.69 Å². The maximum absolute atomic E-state index is 12.9. The fourth-order valence-corrected chi connectivity index (χ4v) is 2.91. The van der Waals surface area contributed by atoms with Gasteiger partial charge in [0, 0.05) is 14.2 Å². The van der Waals surface area contributed by atoms with Gasteiger partial charge in [-0.1, -0.05) is 6.07 Å². The second kappa shape index (κ2) is 7.06. The molecule has 1 saturated heterocycles. The number of amides is 1. The van der Waals surface area contributed by atoms with Crippen LogP contribution in [0.1, 0.15) is 0 Å². The molecule has 0 aromatic heterocycles. The summed E-state index contributed by atoms with van der Waals surface area (Å²) >= 11 is 0. The van der Waals surface area contributed by atoms with E-state index in [0.717, 1.165) is 0 Å². The number of para-hydroxylation sites is 1. The Morgan fingerprint density at radius 2 is 1.71 bits per heavy atom. The minimum Gasteiger partial charge on any atom is -0.494 e. The third-order valence-electron chi connectivity index (χ3n) is 4.11. The van der Waals surface area contributed by atoms with Crippen LogP contribution in [0, 0.1) is 0 Å². The van der Waals surface area contributed by atoms with Crippen molar-refractivity contribution in [3.63, 3.8) is 0 Å². The summed E-state index contributed by atoms with van der Waals surface area (Å²) in [5, 5.41) is 0. The highest BCUT2D eigenvalue weighted by molar-refractivity contribution is 6.07. The van der Waals surface area contributed by atoms with Crippen LogP contribution in [0.25, 0.3) is 0 Å². The van der Waals surface area contributed by atoms with Crippen LogP contribution >= 0.6 is 0 Å². The average Bonchev–Trinajstić information content (AvgIpc) is 2.92. The SMILES string of the molecule is COC(=O)C1(OC)CN(c2c(OC)cccc2OC)C(=O)C1OC. The maximum Gasteiger partial charge on any atom is 0.343 e. The first-order valence-corrected chi connectivity index (χ1v) is 7.19. The third-order valence-corrected chi connectivity index (χ3v) is 4.11. The molecule has 1 aliphatic heterocycles. The number of methoxy groups -OCH3 is 5. The van der Waals surface area contributed by atoms with Gasteiger partial charge in [0.15, 0.2) is 6.10 Å². The van der Waals surface area contributed by atoms with Crippen molar-refractivity contribution in [1.29, 1.82) is 0 Å². The van der Waals surface area contributed by atoms with Crippen molar-refractivity contribution >= 4 is 17.6 Å². The Labute approximate surface area is 140 Å². The first kappa shape index (κ1) is 18.0. The molecule has 8 nitrogen and oxygen atoms in total. The van der Waals surface area contributed by atoms with Gasteiger partial charge < -0.3 is 23.7 Å². The van der Waals surface area contributed by atoms with Crippen molar-refractivity contribution in [2.24, 2.45) is 0 Å². The van der Waals surface area contributed by atoms with Crippen molar-refractivity contribution in [2.45, 2.75) is 11.7 Å². The fraction of sp³-hybridized carbons (Fsp3) is 0.500. The van der Waals surface area contributed by atoms with E-state index in [1.165, 1.54) is 40.4 Å². The normalized spacial score (nSPS) is 23.3. The van der Waals surface area contributed by atoms with E-state index in [1.54, 1.807) is 18.2 Å². The van der Waals surface area contributed by atoms with Gasteiger partial charge in [0.1, 0.15) is 17.2 Å². The summed E-state index contributed by atoms with van der Waals surface area (Å²) in [6, 6.07) is 5.12. The summed E-state index contributed by atoms with van der Waals surface area (Å²) in [5.41, 5.74) is -1.18. The van der Waals surface area contributed by atoms with E-state index in [4.69, 9.17) is 23.7 Å². The smallest absolute Gasteiger partial charge is 0.343 e. The monoisotopic (exact) mass is 339 g/mol. The molecule has 0 radical (unpaired) electrons. The first-order valence-electron chi connectivity index (χ1n) is 7.19. The van der Waals surface area contributed by atoms with Crippen LogP contribution in [-0.2, 0) is 23.8 Å². The zero-order valence-electron chi connectivity index (χ0n) is 14.3. The summed E-state index contributed by atoms with van der Waals surface area (Å²) in [7, 11) is 6.86. The fourth-order valence-electron chi connectivity index (χ4n) is 2.91. The third kappa shape index (κ3) is 2.57. The standard InChI is InChI=1S/C16H21NO7/c1-20-10-7-6-8-11(21-2)12(10)17-9-16(24-5,15(19)23-4)13(22-3)14(17)18/h6-8,13H,9H2,1-5H3. The number of ether oxygens (including phenoxy) is 5. The summed E-state index contributed by atoms with van der Waals surface area (Å²) in [6.45, 7) is -0.0930. The summed E-state index contributed by atoms with van der Waals surface area (Å²) in [5.74, 6) is -0.294. The van der Waals surface area contributed by atoms with E-state index >= 15 is 0 Å². The van der Waals surface area contributed by atoms with E-state index in [9.17, 15) is 9.59 Å². The average molecular weight is 339 g/mol. The second-order valence-electron chi connectivity index (χ2n) is 5.14. The van der Waals surface area contributed by atoms with Gasteiger partial charge in [-0.25, -0.2) is 4.79 Å². The number of anilines is 1. The minimum atomic E-state index is -1.58. The number of carbonyl (C=O) groups is 2. The molecule has 1 amide bonds. The number of carbonyl (C=O) groups excluding carboxylic acids is 2. The number of hydrogen-bond donors (Lipinski definition) is 0. The second-order valence-corrected chi connectivity index (χ2v) is 5.14. The Morgan fingerprint density at radius 1 is 1.12 bits per heavy atom. The van der Waals surface area contributed by atoms with Crippen LogP contribution in [0.5, 0.6) is 11.5 Å². The van der Waals surface area contributed by atoms with Gasteiger partial charge in [-0.15, -0.1) is 0 Å². The summed E-state index contributed by atoms with van der Waals surface area (Å²) < 4.78 is 26.1. The highest BCUT2D eigenvalue weighted by Crippen LogP contribution is 2.43. The van der Waals surface area contributed by atoms with Gasteiger partial charge in [0.2, 0.25) is 5.60 Å². The Kier molecular flexibility index (Phi) is 5.30. The highest BCUT2D eigenvalue weighted by Gasteiger charge is 2.60. The molecule has 1 aliphatic rings. The molecule has 2 rings (SSSR count). The topological polar surface area (TPSA) is 83.5 Å². The molecule has 1 fully saturated rings. The van der Waals surface area contributed by atoms with Crippen LogP contribution in [0.4, 0.5) is 5.69 Å². The predicted octanol–water partition coefficient (Wildman–Crippen LogP) is 0.624. The van der Waals surface area contributed by atoms with Crippen LogP contribution in [0.3, 0.4) is 0 Å². The van der Waals surface area contributed by atoms with Crippen molar-refractivity contribution in [3.8, 4) is 11.5 Å². The van der Waals surface area contributed by atoms with E-state index in [2.05, 4.69) is 0 Å². The Bertz CT molecular complexity index is 611. The molecule has 1 aromatic carbocycles. The van der Waals surface area contributed by atoms with Crippen molar-refractivity contribution in [2.75, 3.05) is 47.0 Å². The summed E-state index contributed by atoms with van der Waals surface area (Å²) in [4.78, 5) is 26.5. The quantitative estimate of drug-likeness (QED) is 0.703. The van der Waals surface area contributed by atoms with Gasteiger partial charge in [0.05, 0.1) is 27.9 Å². The number of nitrogens with zero attached hydrogens (tertiary/aromatic N) is 1. The summed E-state index contributed by atoms with van der Waals surface area (Å²) in [6.07, 6.45) is -1.15. The molecule has 0 aliphatic carbocycles. The largest absolute Gasteiger partial charge is 0.494 e. The molecule has 0 bridgehead atoms. The van der Waals surface area contributed by atoms with Gasteiger partial charge >= 0.3 is 5.97 Å². The molecule has 1 aromatic rings. The number of benzene rings is 1. The molecule has 0 saturated carbocycles. The van der Waals surface area contributed by atoms with Crippen LogP contribution < -0.4 is 14.4 Å². The molecule has 24 heavy (non-hydrogen) atoms. The van der Waals surface area contributed by atoms with Gasteiger partial charge in [0.25, 0.3) is 5.91 Å². The Morgan fingerprint density at radius 3 is 2.12 bits per heavy atom. The van der Waals surface area contributed by atoms with Gasteiger partial charge in [-0.05, 0) is 12.1 Å². The molecule has 2 unspecified atom stereocenters. The molecule has 132 valence electrons. The van der Waals surface area contributed by atoms with Crippen LogP contribution in [0.15, 0.2) is 18.2 Å². The lowest BCUT2D eigenvalue weighted by Gasteiger charge is -2.28. The van der Waals surface area contributed by atoms with E-state index in [-0.39, 0.29) is 6.54 Å². The lowest BCUT2D eigenvalue weighted by molar-refractivity contribution is -0.178. The van der Waals surface area contributed by atoms with E-state index in [0.29, 0.717) is 17.2 Å². The molecular weight excluding hydrogens is 318 g/mol.